The quantitative estimate of drug-likeness (QED) is 0.193. The molecule has 4 heteroatoms. The van der Waals surface area contributed by atoms with Gasteiger partial charge in [0.2, 0.25) is 0 Å². The van der Waals surface area contributed by atoms with E-state index < -0.39 is 5.41 Å². The Bertz CT molecular complexity index is 2600. The van der Waals surface area contributed by atoms with Crippen LogP contribution in [0.3, 0.4) is 0 Å². The highest BCUT2D eigenvalue weighted by molar-refractivity contribution is 7.99. The first-order valence-electron chi connectivity index (χ1n) is 16.4. The van der Waals surface area contributed by atoms with E-state index in [-0.39, 0.29) is 0 Å². The Balaban J connectivity index is 1.17. The molecule has 0 atom stereocenters. The predicted molar refractivity (Wildman–Crippen MR) is 198 cm³/mol. The highest BCUT2D eigenvalue weighted by atomic mass is 32.2. The number of hydrogen-bond acceptors (Lipinski definition) is 3. The Labute approximate surface area is 288 Å². The summed E-state index contributed by atoms with van der Waals surface area (Å²) in [5, 5.41) is 10.0. The maximum atomic E-state index is 10.0. The summed E-state index contributed by atoms with van der Waals surface area (Å²) in [5.74, 6) is 0.927. The van der Waals surface area contributed by atoms with Gasteiger partial charge in [-0.2, -0.15) is 5.26 Å². The van der Waals surface area contributed by atoms with Gasteiger partial charge in [-0.15, -0.1) is 0 Å². The lowest BCUT2D eigenvalue weighted by atomic mass is 9.67. The fraction of sp³-hybridized carbons (Fsp3) is 0.0222. The summed E-state index contributed by atoms with van der Waals surface area (Å²) in [6.45, 7) is 0. The van der Waals surface area contributed by atoms with Crippen LogP contribution in [0.1, 0.15) is 27.8 Å². The van der Waals surface area contributed by atoms with Crippen molar-refractivity contribution in [3.63, 3.8) is 0 Å². The monoisotopic (exact) mass is 641 g/mol. The zero-order valence-corrected chi connectivity index (χ0v) is 27.2. The molecule has 0 radical (unpaired) electrons. The minimum atomic E-state index is -0.535. The molecule has 49 heavy (non-hydrogen) atoms. The summed E-state index contributed by atoms with van der Waals surface area (Å²) in [6, 6.07) is 60.7. The van der Waals surface area contributed by atoms with Gasteiger partial charge in [-0.25, -0.2) is 4.98 Å². The highest BCUT2D eigenvalue weighted by Gasteiger charge is 2.50. The summed E-state index contributed by atoms with van der Waals surface area (Å²) in [4.78, 5) is 7.54. The van der Waals surface area contributed by atoms with Crippen LogP contribution in [0.25, 0.3) is 50.4 Å². The van der Waals surface area contributed by atoms with Gasteiger partial charge in [0.05, 0.1) is 28.1 Å². The van der Waals surface area contributed by atoms with Crippen molar-refractivity contribution in [3.8, 4) is 45.4 Å². The van der Waals surface area contributed by atoms with Crippen LogP contribution in [-0.2, 0) is 5.41 Å². The predicted octanol–water partition coefficient (Wildman–Crippen LogP) is 11.1. The fourth-order valence-electron chi connectivity index (χ4n) is 8.02. The minimum Gasteiger partial charge on any atom is -0.292 e. The highest BCUT2D eigenvalue weighted by Crippen LogP contribution is 2.62. The first-order valence-corrected chi connectivity index (χ1v) is 17.3. The number of nitrogens with zero attached hydrogens (tertiary/aromatic N) is 3. The van der Waals surface area contributed by atoms with Gasteiger partial charge in [-0.05, 0) is 99.1 Å². The van der Waals surface area contributed by atoms with E-state index in [1.165, 1.54) is 43.2 Å². The molecular formula is C45H27N3S. The third-order valence-electron chi connectivity index (χ3n) is 10.1. The Morgan fingerprint density at radius 3 is 1.88 bits per heavy atom. The van der Waals surface area contributed by atoms with Gasteiger partial charge in [0, 0.05) is 21.0 Å². The van der Waals surface area contributed by atoms with Crippen LogP contribution in [0.4, 0.5) is 0 Å². The Morgan fingerprint density at radius 1 is 0.531 bits per heavy atom. The zero-order chi connectivity index (χ0) is 32.5. The molecule has 3 nitrogen and oxygen atoms in total. The molecular weight excluding hydrogens is 615 g/mol. The SMILES string of the molecule is N#Cc1ccc2c(c1)C1(c3ccccc3Sc3ccccc31)c1cc(-c3ccc(-n4c(-c5ccccc5)nc5ccccc54)cc3)ccc1-2. The van der Waals surface area contributed by atoms with E-state index in [1.54, 1.807) is 0 Å². The van der Waals surface area contributed by atoms with Crippen LogP contribution >= 0.6 is 11.8 Å². The van der Waals surface area contributed by atoms with Crippen LogP contribution in [-0.4, -0.2) is 9.55 Å². The molecule has 7 aromatic carbocycles. The average molecular weight is 642 g/mol. The summed E-state index contributed by atoms with van der Waals surface area (Å²) in [5.41, 5.74) is 14.0. The molecule has 1 aliphatic heterocycles. The van der Waals surface area contributed by atoms with Crippen molar-refractivity contribution in [1.29, 1.82) is 5.26 Å². The second-order valence-corrected chi connectivity index (χ2v) is 13.7. The molecule has 0 fully saturated rings. The Morgan fingerprint density at radius 2 is 1.14 bits per heavy atom. The van der Waals surface area contributed by atoms with Gasteiger partial charge >= 0.3 is 0 Å². The maximum absolute atomic E-state index is 10.0. The van der Waals surface area contributed by atoms with Gasteiger partial charge in [0.25, 0.3) is 0 Å². The van der Waals surface area contributed by atoms with E-state index >= 15 is 0 Å². The van der Waals surface area contributed by atoms with E-state index in [2.05, 4.69) is 156 Å². The lowest BCUT2D eigenvalue weighted by Gasteiger charge is -2.39. The lowest BCUT2D eigenvalue weighted by molar-refractivity contribution is 0.722. The molecule has 228 valence electrons. The molecule has 2 aliphatic rings. The molecule has 2 heterocycles. The average Bonchev–Trinajstić information content (AvgIpc) is 3.69. The summed E-state index contributed by atoms with van der Waals surface area (Å²) in [7, 11) is 0. The number of aromatic nitrogens is 2. The van der Waals surface area contributed by atoms with Gasteiger partial charge in [0.1, 0.15) is 5.82 Å². The molecule has 0 N–H and O–H groups in total. The van der Waals surface area contributed by atoms with Crippen molar-refractivity contribution >= 4 is 22.8 Å². The zero-order valence-electron chi connectivity index (χ0n) is 26.3. The van der Waals surface area contributed by atoms with Crippen molar-refractivity contribution < 1.29 is 0 Å². The first-order chi connectivity index (χ1) is 24.2. The summed E-state index contributed by atoms with van der Waals surface area (Å²) in [6.07, 6.45) is 0. The van der Waals surface area contributed by atoms with Crippen LogP contribution in [0, 0.1) is 11.3 Å². The topological polar surface area (TPSA) is 41.6 Å². The molecule has 0 saturated heterocycles. The Hall–Kier alpha value is -6.15. The smallest absolute Gasteiger partial charge is 0.145 e. The minimum absolute atomic E-state index is 0.535. The fourth-order valence-corrected chi connectivity index (χ4v) is 9.21. The van der Waals surface area contributed by atoms with E-state index in [0.29, 0.717) is 5.56 Å². The molecule has 0 unspecified atom stereocenters. The number of para-hydroxylation sites is 2. The van der Waals surface area contributed by atoms with Crippen molar-refractivity contribution in [2.45, 2.75) is 15.2 Å². The molecule has 0 bridgehead atoms. The van der Waals surface area contributed by atoms with Crippen molar-refractivity contribution in [3.05, 3.63) is 192 Å². The summed E-state index contributed by atoms with van der Waals surface area (Å²) < 4.78 is 2.25. The van der Waals surface area contributed by atoms with Gasteiger partial charge in [-0.3, -0.25) is 4.57 Å². The van der Waals surface area contributed by atoms with Crippen LogP contribution in [0.5, 0.6) is 0 Å². The van der Waals surface area contributed by atoms with Crippen LogP contribution < -0.4 is 0 Å². The molecule has 10 rings (SSSR count). The van der Waals surface area contributed by atoms with Crippen LogP contribution in [0.2, 0.25) is 0 Å². The number of imidazole rings is 1. The van der Waals surface area contributed by atoms with Crippen molar-refractivity contribution in [2.75, 3.05) is 0 Å². The van der Waals surface area contributed by atoms with Crippen LogP contribution in [0.15, 0.2) is 174 Å². The lowest BCUT2D eigenvalue weighted by Crippen LogP contribution is -2.32. The molecule has 0 amide bonds. The second-order valence-electron chi connectivity index (χ2n) is 12.6. The third kappa shape index (κ3) is 4.00. The van der Waals surface area contributed by atoms with E-state index in [9.17, 15) is 5.26 Å². The van der Waals surface area contributed by atoms with E-state index in [4.69, 9.17) is 4.98 Å². The molecule has 1 spiro atoms. The largest absolute Gasteiger partial charge is 0.292 e. The molecule has 1 aromatic heterocycles. The summed E-state index contributed by atoms with van der Waals surface area (Å²) >= 11 is 1.83. The number of hydrogen-bond donors (Lipinski definition) is 0. The third-order valence-corrected chi connectivity index (χ3v) is 11.3. The number of fused-ring (bicyclic) bond motifs is 10. The molecule has 0 saturated carbocycles. The molecule has 1 aliphatic carbocycles. The first kappa shape index (κ1) is 27.9. The van der Waals surface area contributed by atoms with Gasteiger partial charge in [-0.1, -0.05) is 121 Å². The number of benzene rings is 7. The van der Waals surface area contributed by atoms with Crippen molar-refractivity contribution in [2.24, 2.45) is 0 Å². The number of nitriles is 1. The van der Waals surface area contributed by atoms with E-state index in [0.717, 1.165) is 39.2 Å². The molecule has 8 aromatic rings. The van der Waals surface area contributed by atoms with Crippen molar-refractivity contribution in [1.82, 2.24) is 9.55 Å². The second kappa shape index (κ2) is 10.7. The number of rotatable bonds is 3. The van der Waals surface area contributed by atoms with Gasteiger partial charge in [0.15, 0.2) is 0 Å². The Kier molecular flexibility index (Phi) is 6.09. The van der Waals surface area contributed by atoms with E-state index in [1.807, 2.05) is 30.0 Å². The maximum Gasteiger partial charge on any atom is 0.145 e. The van der Waals surface area contributed by atoms with Gasteiger partial charge < -0.3 is 0 Å². The normalized spacial score (nSPS) is 13.4. The standard InChI is InChI=1S/C45H27N3S/c46-28-29-18-24-34-35-25-21-32(27-39(35)45(38(34)26-29)36-12-4-8-16-42(36)49-43-17-9-5-13-37(43)45)30-19-22-33(23-20-30)48-41-15-7-6-14-40(41)47-44(48)31-10-2-1-3-11-31/h1-27H.